The molecule has 142 valence electrons. The summed E-state index contributed by atoms with van der Waals surface area (Å²) in [5.41, 5.74) is 1.01. The first-order chi connectivity index (χ1) is 12.8. The molecular weight excluding hydrogens is 430 g/mol. The largest absolute Gasteiger partial charge is 0.339 e. The molecule has 2 aromatic rings. The van der Waals surface area contributed by atoms with Gasteiger partial charge in [0.05, 0.1) is 20.8 Å². The summed E-state index contributed by atoms with van der Waals surface area (Å²) in [6.45, 7) is 1.02. The lowest BCUT2D eigenvalue weighted by atomic mass is 9.95. The SMILES string of the molecule is O=C(Nc1cc(Cl)c(Cl)cc1Cl)C1CCN(C(=O)c2ccc(Cl)cc2)CC1. The smallest absolute Gasteiger partial charge is 0.253 e. The quantitative estimate of drug-likeness (QED) is 0.607. The van der Waals surface area contributed by atoms with Gasteiger partial charge in [-0.2, -0.15) is 0 Å². The molecule has 1 fully saturated rings. The van der Waals surface area contributed by atoms with Gasteiger partial charge in [-0.3, -0.25) is 9.59 Å². The van der Waals surface area contributed by atoms with E-state index in [0.29, 0.717) is 57.3 Å². The number of nitrogens with one attached hydrogen (secondary N) is 1. The molecule has 3 rings (SSSR count). The lowest BCUT2D eigenvalue weighted by Crippen LogP contribution is -2.41. The minimum atomic E-state index is -0.204. The molecule has 4 nitrogen and oxygen atoms in total. The van der Waals surface area contributed by atoms with Crippen molar-refractivity contribution in [3.8, 4) is 0 Å². The van der Waals surface area contributed by atoms with Crippen molar-refractivity contribution >= 4 is 63.9 Å². The first kappa shape index (κ1) is 20.3. The van der Waals surface area contributed by atoms with Gasteiger partial charge in [-0.05, 0) is 49.2 Å². The molecule has 1 heterocycles. The Kier molecular flexibility index (Phi) is 6.53. The van der Waals surface area contributed by atoms with Crippen LogP contribution in [-0.2, 0) is 4.79 Å². The molecule has 1 saturated heterocycles. The van der Waals surface area contributed by atoms with Crippen molar-refractivity contribution in [2.75, 3.05) is 18.4 Å². The molecule has 0 aromatic heterocycles. The number of rotatable bonds is 3. The summed E-state index contributed by atoms with van der Waals surface area (Å²) < 4.78 is 0. The van der Waals surface area contributed by atoms with Crippen LogP contribution in [0.5, 0.6) is 0 Å². The lowest BCUT2D eigenvalue weighted by Gasteiger charge is -2.31. The van der Waals surface area contributed by atoms with Gasteiger partial charge in [-0.25, -0.2) is 0 Å². The van der Waals surface area contributed by atoms with Gasteiger partial charge in [-0.15, -0.1) is 0 Å². The first-order valence-electron chi connectivity index (χ1n) is 8.35. The zero-order valence-corrected chi connectivity index (χ0v) is 17.2. The fraction of sp³-hybridized carbons (Fsp3) is 0.263. The molecule has 0 atom stereocenters. The van der Waals surface area contributed by atoms with Crippen LogP contribution in [0.25, 0.3) is 0 Å². The van der Waals surface area contributed by atoms with Crippen molar-refractivity contribution in [1.82, 2.24) is 4.90 Å². The molecule has 1 N–H and O–H groups in total. The van der Waals surface area contributed by atoms with Gasteiger partial charge in [0.2, 0.25) is 5.91 Å². The summed E-state index contributed by atoms with van der Waals surface area (Å²) in [6, 6.07) is 9.81. The van der Waals surface area contributed by atoms with Crippen LogP contribution in [0.15, 0.2) is 36.4 Å². The van der Waals surface area contributed by atoms with Crippen molar-refractivity contribution in [2.45, 2.75) is 12.8 Å². The molecule has 0 aliphatic carbocycles. The average Bonchev–Trinajstić information content (AvgIpc) is 2.66. The predicted molar refractivity (Wildman–Crippen MR) is 110 cm³/mol. The van der Waals surface area contributed by atoms with E-state index in [2.05, 4.69) is 5.32 Å². The molecule has 0 spiro atoms. The van der Waals surface area contributed by atoms with Crippen LogP contribution in [0.1, 0.15) is 23.2 Å². The van der Waals surface area contributed by atoms with Gasteiger partial charge in [0, 0.05) is 29.6 Å². The number of halogens is 4. The Balaban J connectivity index is 1.58. The standard InChI is InChI=1S/C19H16Cl4N2O2/c20-13-3-1-12(2-4-13)19(27)25-7-5-11(6-8-25)18(26)24-17-10-15(22)14(21)9-16(17)23/h1-4,9-11H,5-8H2,(H,24,26). The first-order valence-corrected chi connectivity index (χ1v) is 9.86. The lowest BCUT2D eigenvalue weighted by molar-refractivity contribution is -0.121. The van der Waals surface area contributed by atoms with Crippen molar-refractivity contribution in [2.24, 2.45) is 5.92 Å². The molecule has 8 heteroatoms. The van der Waals surface area contributed by atoms with Crippen LogP contribution >= 0.6 is 46.4 Å². The van der Waals surface area contributed by atoms with Crippen LogP contribution in [0, 0.1) is 5.92 Å². The number of carbonyl (C=O) groups is 2. The highest BCUT2D eigenvalue weighted by Gasteiger charge is 2.28. The second kappa shape index (κ2) is 8.70. The molecule has 0 saturated carbocycles. The predicted octanol–water partition coefficient (Wildman–Crippen LogP) is 5.79. The van der Waals surface area contributed by atoms with E-state index in [4.69, 9.17) is 46.4 Å². The topological polar surface area (TPSA) is 49.4 Å². The van der Waals surface area contributed by atoms with E-state index in [9.17, 15) is 9.59 Å². The van der Waals surface area contributed by atoms with Crippen molar-refractivity contribution in [3.63, 3.8) is 0 Å². The Hall–Kier alpha value is -1.46. The van der Waals surface area contributed by atoms with E-state index in [1.807, 2.05) is 0 Å². The summed E-state index contributed by atoms with van der Waals surface area (Å²) in [7, 11) is 0. The number of hydrogen-bond acceptors (Lipinski definition) is 2. The number of likely N-dealkylation sites (tertiary alicyclic amines) is 1. The third kappa shape index (κ3) is 4.88. The van der Waals surface area contributed by atoms with Crippen LogP contribution in [0.4, 0.5) is 5.69 Å². The van der Waals surface area contributed by atoms with E-state index in [-0.39, 0.29) is 17.7 Å². The summed E-state index contributed by atoms with van der Waals surface area (Å²) >= 11 is 23.9. The fourth-order valence-corrected chi connectivity index (χ4v) is 3.69. The summed E-state index contributed by atoms with van der Waals surface area (Å²) in [6.07, 6.45) is 1.15. The van der Waals surface area contributed by atoms with E-state index < -0.39 is 0 Å². The number of carbonyl (C=O) groups excluding carboxylic acids is 2. The third-order valence-electron chi connectivity index (χ3n) is 4.51. The number of nitrogens with zero attached hydrogens (tertiary/aromatic N) is 1. The second-order valence-electron chi connectivity index (χ2n) is 6.31. The summed E-state index contributed by atoms with van der Waals surface area (Å²) in [5, 5.41) is 4.36. The minimum absolute atomic E-state index is 0.0574. The number of hydrogen-bond donors (Lipinski definition) is 1. The molecule has 2 aromatic carbocycles. The van der Waals surface area contributed by atoms with Crippen LogP contribution in [0.3, 0.4) is 0 Å². The highest BCUT2D eigenvalue weighted by atomic mass is 35.5. The van der Waals surface area contributed by atoms with Crippen molar-refractivity contribution in [1.29, 1.82) is 0 Å². The molecule has 1 aliphatic rings. The maximum Gasteiger partial charge on any atom is 0.253 e. The number of amides is 2. The molecule has 0 bridgehead atoms. The van der Waals surface area contributed by atoms with Crippen molar-refractivity contribution < 1.29 is 9.59 Å². The second-order valence-corrected chi connectivity index (χ2v) is 7.97. The van der Waals surface area contributed by atoms with E-state index in [1.165, 1.54) is 12.1 Å². The molecule has 2 amide bonds. The number of benzene rings is 2. The Morgan fingerprint density at radius 1 is 0.889 bits per heavy atom. The van der Waals surface area contributed by atoms with Crippen LogP contribution in [-0.4, -0.2) is 29.8 Å². The molecule has 27 heavy (non-hydrogen) atoms. The average molecular weight is 446 g/mol. The Morgan fingerprint density at radius 2 is 1.48 bits per heavy atom. The highest BCUT2D eigenvalue weighted by molar-refractivity contribution is 6.44. The normalized spacial score (nSPS) is 14.9. The summed E-state index contributed by atoms with van der Waals surface area (Å²) in [5.74, 6) is -0.406. The zero-order valence-electron chi connectivity index (χ0n) is 14.1. The number of piperidine rings is 1. The van der Waals surface area contributed by atoms with E-state index in [0.717, 1.165) is 0 Å². The van der Waals surface area contributed by atoms with Gasteiger partial charge in [0.15, 0.2) is 0 Å². The maximum atomic E-state index is 12.5. The highest BCUT2D eigenvalue weighted by Crippen LogP contribution is 2.33. The van der Waals surface area contributed by atoms with E-state index in [1.54, 1.807) is 29.2 Å². The van der Waals surface area contributed by atoms with Gasteiger partial charge in [0.1, 0.15) is 0 Å². The molecule has 0 radical (unpaired) electrons. The van der Waals surface area contributed by atoms with Gasteiger partial charge in [0.25, 0.3) is 5.91 Å². The Bertz CT molecular complexity index is 863. The van der Waals surface area contributed by atoms with Crippen molar-refractivity contribution in [3.05, 3.63) is 62.1 Å². The van der Waals surface area contributed by atoms with Crippen LogP contribution in [0.2, 0.25) is 20.1 Å². The minimum Gasteiger partial charge on any atom is -0.339 e. The molecule has 1 aliphatic heterocycles. The molecular formula is C19H16Cl4N2O2. The van der Waals surface area contributed by atoms with Crippen LogP contribution < -0.4 is 5.32 Å². The summed E-state index contributed by atoms with van der Waals surface area (Å²) in [4.78, 5) is 26.8. The Labute approximate surface area is 177 Å². The Morgan fingerprint density at radius 3 is 2.11 bits per heavy atom. The monoisotopic (exact) mass is 444 g/mol. The van der Waals surface area contributed by atoms with Gasteiger partial charge in [-0.1, -0.05) is 46.4 Å². The zero-order chi connectivity index (χ0) is 19.6. The van der Waals surface area contributed by atoms with Gasteiger partial charge < -0.3 is 10.2 Å². The van der Waals surface area contributed by atoms with Gasteiger partial charge >= 0.3 is 0 Å². The number of anilines is 1. The van der Waals surface area contributed by atoms with E-state index >= 15 is 0 Å². The molecule has 0 unspecified atom stereocenters. The maximum absolute atomic E-state index is 12.5. The fourth-order valence-electron chi connectivity index (χ4n) is 2.97. The third-order valence-corrected chi connectivity index (χ3v) is 5.80.